The molecular formula is C13H9Br2N3O. The topological polar surface area (TPSA) is 39.4 Å². The van der Waals surface area contributed by atoms with Gasteiger partial charge >= 0.3 is 0 Å². The number of rotatable bonds is 2. The zero-order valence-corrected chi connectivity index (χ0v) is 13.1. The van der Waals surface area contributed by atoms with Crippen molar-refractivity contribution in [1.29, 1.82) is 0 Å². The summed E-state index contributed by atoms with van der Waals surface area (Å²) in [6, 6.07) is 5.89. The molecule has 0 aliphatic heterocycles. The summed E-state index contributed by atoms with van der Waals surface area (Å²) < 4.78 is 9.28. The van der Waals surface area contributed by atoms with Gasteiger partial charge in [-0.25, -0.2) is 9.97 Å². The van der Waals surface area contributed by atoms with Crippen LogP contribution in [0.5, 0.6) is 11.6 Å². The summed E-state index contributed by atoms with van der Waals surface area (Å²) in [4.78, 5) is 8.57. The monoisotopic (exact) mass is 381 g/mol. The molecule has 3 rings (SSSR count). The van der Waals surface area contributed by atoms with Gasteiger partial charge in [-0.05, 0) is 56.5 Å². The van der Waals surface area contributed by atoms with Crippen molar-refractivity contribution in [2.75, 3.05) is 0 Å². The molecule has 0 saturated carbocycles. The van der Waals surface area contributed by atoms with E-state index in [4.69, 9.17) is 4.74 Å². The molecule has 0 aliphatic rings. The van der Waals surface area contributed by atoms with Crippen molar-refractivity contribution in [2.24, 2.45) is 0 Å². The van der Waals surface area contributed by atoms with E-state index in [1.165, 1.54) is 0 Å². The lowest BCUT2D eigenvalue weighted by molar-refractivity contribution is 0.461. The van der Waals surface area contributed by atoms with Crippen molar-refractivity contribution in [1.82, 2.24) is 14.4 Å². The number of imidazole rings is 1. The number of aromatic nitrogens is 3. The van der Waals surface area contributed by atoms with Crippen LogP contribution in [-0.4, -0.2) is 14.4 Å². The molecule has 19 heavy (non-hydrogen) atoms. The van der Waals surface area contributed by atoms with Gasteiger partial charge in [-0.1, -0.05) is 6.07 Å². The number of hydrogen-bond acceptors (Lipinski definition) is 3. The summed E-state index contributed by atoms with van der Waals surface area (Å²) in [5, 5.41) is 0. The molecule has 0 saturated heterocycles. The molecule has 96 valence electrons. The first-order chi connectivity index (χ1) is 9.13. The van der Waals surface area contributed by atoms with Crippen LogP contribution < -0.4 is 4.74 Å². The summed E-state index contributed by atoms with van der Waals surface area (Å²) in [6.07, 6.45) is 5.39. The van der Waals surface area contributed by atoms with Crippen molar-refractivity contribution >= 4 is 37.5 Å². The number of aryl methyl sites for hydroxylation is 1. The first kappa shape index (κ1) is 12.6. The van der Waals surface area contributed by atoms with E-state index in [-0.39, 0.29) is 0 Å². The van der Waals surface area contributed by atoms with Crippen LogP contribution in [0.2, 0.25) is 0 Å². The highest BCUT2D eigenvalue weighted by Gasteiger charge is 2.10. The Morgan fingerprint density at radius 1 is 1.26 bits per heavy atom. The van der Waals surface area contributed by atoms with Gasteiger partial charge in [0, 0.05) is 18.6 Å². The Morgan fingerprint density at radius 2 is 2.11 bits per heavy atom. The molecule has 0 bridgehead atoms. The number of halogens is 2. The molecular weight excluding hydrogens is 374 g/mol. The number of ether oxygens (including phenoxy) is 1. The number of benzene rings is 1. The fourth-order valence-corrected chi connectivity index (χ4v) is 2.69. The van der Waals surface area contributed by atoms with Gasteiger partial charge in [0.1, 0.15) is 10.4 Å². The van der Waals surface area contributed by atoms with Gasteiger partial charge in [-0.15, -0.1) is 0 Å². The summed E-state index contributed by atoms with van der Waals surface area (Å²) in [6.45, 7) is 2.03. The molecule has 1 aromatic carbocycles. The van der Waals surface area contributed by atoms with E-state index in [0.717, 1.165) is 10.0 Å². The minimum Gasteiger partial charge on any atom is -0.435 e. The number of fused-ring (bicyclic) bond motifs is 1. The van der Waals surface area contributed by atoms with Gasteiger partial charge in [0.15, 0.2) is 0 Å². The molecule has 0 atom stereocenters. The van der Waals surface area contributed by atoms with Gasteiger partial charge in [0.2, 0.25) is 5.65 Å². The van der Waals surface area contributed by atoms with Crippen molar-refractivity contribution in [2.45, 2.75) is 6.92 Å². The predicted molar refractivity (Wildman–Crippen MR) is 79.6 cm³/mol. The van der Waals surface area contributed by atoms with Crippen LogP contribution in [0.1, 0.15) is 5.56 Å². The van der Waals surface area contributed by atoms with Crippen LogP contribution in [0.3, 0.4) is 0 Å². The van der Waals surface area contributed by atoms with E-state index in [9.17, 15) is 0 Å². The zero-order valence-electron chi connectivity index (χ0n) is 9.97. The van der Waals surface area contributed by atoms with E-state index in [2.05, 4.69) is 41.8 Å². The molecule has 0 fully saturated rings. The van der Waals surface area contributed by atoms with E-state index in [1.54, 1.807) is 6.20 Å². The van der Waals surface area contributed by atoms with Gasteiger partial charge in [0.05, 0.1) is 4.47 Å². The molecule has 0 radical (unpaired) electrons. The lowest BCUT2D eigenvalue weighted by Crippen LogP contribution is -1.95. The Balaban J connectivity index is 2.07. The smallest absolute Gasteiger partial charge is 0.265 e. The van der Waals surface area contributed by atoms with E-state index >= 15 is 0 Å². The number of nitrogens with zero attached hydrogens (tertiary/aromatic N) is 3. The van der Waals surface area contributed by atoms with Crippen LogP contribution in [0.15, 0.2) is 45.9 Å². The van der Waals surface area contributed by atoms with Crippen molar-refractivity contribution in [3.05, 3.63) is 51.4 Å². The third-order valence-corrected chi connectivity index (χ3v) is 3.61. The average molecular weight is 383 g/mol. The van der Waals surface area contributed by atoms with Gasteiger partial charge in [-0.3, -0.25) is 4.40 Å². The summed E-state index contributed by atoms with van der Waals surface area (Å²) >= 11 is 6.85. The Bertz CT molecular complexity index is 755. The van der Waals surface area contributed by atoms with E-state index in [1.807, 2.05) is 41.9 Å². The molecule has 0 aliphatic carbocycles. The van der Waals surface area contributed by atoms with Crippen LogP contribution in [0.4, 0.5) is 0 Å². The molecule has 2 aromatic heterocycles. The lowest BCUT2D eigenvalue weighted by atomic mass is 10.2. The minimum absolute atomic E-state index is 0.462. The van der Waals surface area contributed by atoms with Crippen LogP contribution in [0, 0.1) is 6.92 Å². The highest BCUT2D eigenvalue weighted by Crippen LogP contribution is 2.31. The summed E-state index contributed by atoms with van der Waals surface area (Å²) in [7, 11) is 0. The zero-order chi connectivity index (χ0) is 13.4. The third-order valence-electron chi connectivity index (χ3n) is 2.61. The quantitative estimate of drug-likeness (QED) is 0.661. The van der Waals surface area contributed by atoms with Gasteiger partial charge < -0.3 is 4.74 Å². The molecule has 4 nitrogen and oxygen atoms in total. The lowest BCUT2D eigenvalue weighted by Gasteiger charge is -2.08. The van der Waals surface area contributed by atoms with Crippen molar-refractivity contribution in [3.8, 4) is 11.6 Å². The average Bonchev–Trinajstić information content (AvgIpc) is 2.80. The molecule has 3 aromatic rings. The second-order valence-electron chi connectivity index (χ2n) is 4.06. The molecule has 0 unspecified atom stereocenters. The Kier molecular flexibility index (Phi) is 3.28. The molecule has 2 heterocycles. The maximum absolute atomic E-state index is 5.85. The first-order valence-electron chi connectivity index (χ1n) is 5.57. The van der Waals surface area contributed by atoms with Crippen LogP contribution in [-0.2, 0) is 0 Å². The molecule has 0 N–H and O–H groups in total. The Hall–Kier alpha value is -1.40. The summed E-state index contributed by atoms with van der Waals surface area (Å²) in [5.41, 5.74) is 1.84. The predicted octanol–water partition coefficient (Wildman–Crippen LogP) is 4.36. The van der Waals surface area contributed by atoms with Crippen LogP contribution in [0.25, 0.3) is 5.65 Å². The molecule has 0 spiro atoms. The highest BCUT2D eigenvalue weighted by atomic mass is 79.9. The maximum atomic E-state index is 5.85. The Morgan fingerprint density at radius 3 is 2.89 bits per heavy atom. The van der Waals surface area contributed by atoms with Crippen molar-refractivity contribution in [3.63, 3.8) is 0 Å². The van der Waals surface area contributed by atoms with Crippen molar-refractivity contribution < 1.29 is 4.74 Å². The third kappa shape index (κ3) is 2.50. The van der Waals surface area contributed by atoms with Gasteiger partial charge in [0.25, 0.3) is 5.88 Å². The number of hydrogen-bond donors (Lipinski definition) is 0. The highest BCUT2D eigenvalue weighted by molar-refractivity contribution is 9.10. The van der Waals surface area contributed by atoms with E-state index < -0.39 is 0 Å². The largest absolute Gasteiger partial charge is 0.435 e. The van der Waals surface area contributed by atoms with Crippen LogP contribution >= 0.6 is 31.9 Å². The standard InChI is InChI=1S/C13H9Br2N3O/c1-8-2-3-10(9(14)6-8)19-13-12-16-4-5-18(12)7-11(15)17-13/h2-7H,1H3. The normalized spacial score (nSPS) is 10.9. The molecule has 6 heteroatoms. The minimum atomic E-state index is 0.462. The Labute approximate surface area is 126 Å². The second kappa shape index (κ2) is 4.94. The summed E-state index contributed by atoms with van der Waals surface area (Å²) in [5.74, 6) is 1.17. The first-order valence-corrected chi connectivity index (χ1v) is 7.15. The SMILES string of the molecule is Cc1ccc(Oc2nc(Br)cn3ccnc23)c(Br)c1. The second-order valence-corrected chi connectivity index (χ2v) is 5.73. The maximum Gasteiger partial charge on any atom is 0.265 e. The van der Waals surface area contributed by atoms with E-state index in [0.29, 0.717) is 21.9 Å². The fraction of sp³-hybridized carbons (Fsp3) is 0.0769. The van der Waals surface area contributed by atoms with Gasteiger partial charge in [-0.2, -0.15) is 0 Å². The molecule has 0 amide bonds. The fourth-order valence-electron chi connectivity index (χ4n) is 1.73.